The molecule has 3 rings (SSSR count). The number of hydrogen-bond acceptors (Lipinski definition) is 3. The summed E-state index contributed by atoms with van der Waals surface area (Å²) in [6.07, 6.45) is 7.73. The van der Waals surface area contributed by atoms with Crippen molar-refractivity contribution in [2.75, 3.05) is 6.61 Å². The molecule has 0 bridgehead atoms. The van der Waals surface area contributed by atoms with Crippen LogP contribution < -0.4 is 11.3 Å². The Labute approximate surface area is 115 Å². The van der Waals surface area contributed by atoms with Crippen molar-refractivity contribution >= 4 is 0 Å². The normalized spacial score (nSPS) is 25.8. The van der Waals surface area contributed by atoms with Gasteiger partial charge < -0.3 is 4.74 Å². The Hall–Kier alpha value is -0.900. The molecule has 0 aromatic heterocycles. The minimum atomic E-state index is 0.123. The topological polar surface area (TPSA) is 47.3 Å². The van der Waals surface area contributed by atoms with Crippen molar-refractivity contribution in [1.82, 2.24) is 5.43 Å². The molecule has 1 saturated carbocycles. The van der Waals surface area contributed by atoms with E-state index in [-0.39, 0.29) is 12.1 Å². The molecule has 1 aliphatic carbocycles. The number of ether oxygens (including phenoxy) is 1. The van der Waals surface area contributed by atoms with Crippen LogP contribution in [-0.2, 0) is 11.2 Å². The molecule has 1 aromatic carbocycles. The zero-order valence-corrected chi connectivity index (χ0v) is 11.5. The zero-order valence-electron chi connectivity index (χ0n) is 11.5. The highest BCUT2D eigenvalue weighted by Crippen LogP contribution is 2.37. The second-order valence-corrected chi connectivity index (χ2v) is 5.83. The molecular formula is C16H24N2O. The third-order valence-corrected chi connectivity index (χ3v) is 4.71. The molecule has 1 aromatic rings. The average Bonchev–Trinajstić information content (AvgIpc) is 2.49. The fraction of sp³-hybridized carbons (Fsp3) is 0.625. The summed E-state index contributed by atoms with van der Waals surface area (Å²) in [4.78, 5) is 0. The molecule has 0 spiro atoms. The predicted molar refractivity (Wildman–Crippen MR) is 76.5 cm³/mol. The van der Waals surface area contributed by atoms with Crippen molar-refractivity contribution < 1.29 is 4.74 Å². The third-order valence-electron chi connectivity index (χ3n) is 4.71. The number of rotatable bonds is 3. The Morgan fingerprint density at radius 3 is 2.74 bits per heavy atom. The summed E-state index contributed by atoms with van der Waals surface area (Å²) in [5, 5.41) is 0. The Morgan fingerprint density at radius 2 is 1.95 bits per heavy atom. The van der Waals surface area contributed by atoms with E-state index >= 15 is 0 Å². The van der Waals surface area contributed by atoms with E-state index in [9.17, 15) is 0 Å². The first kappa shape index (κ1) is 13.1. The molecule has 2 aliphatic rings. The Kier molecular flexibility index (Phi) is 4.16. The van der Waals surface area contributed by atoms with Gasteiger partial charge in [0.1, 0.15) is 0 Å². The smallest absolute Gasteiger partial charge is 0.0996 e. The summed E-state index contributed by atoms with van der Waals surface area (Å²) in [5.74, 6) is 6.51. The molecule has 19 heavy (non-hydrogen) atoms. The van der Waals surface area contributed by atoms with E-state index in [0.29, 0.717) is 5.92 Å². The first-order valence-electron chi connectivity index (χ1n) is 7.55. The fourth-order valence-electron chi connectivity index (χ4n) is 3.69. The average molecular weight is 260 g/mol. The van der Waals surface area contributed by atoms with Crippen molar-refractivity contribution in [1.29, 1.82) is 0 Å². The van der Waals surface area contributed by atoms with Gasteiger partial charge in [0.2, 0.25) is 0 Å². The van der Waals surface area contributed by atoms with E-state index in [1.54, 1.807) is 0 Å². The van der Waals surface area contributed by atoms with Gasteiger partial charge in [0.05, 0.1) is 18.8 Å². The van der Waals surface area contributed by atoms with E-state index < -0.39 is 0 Å². The molecule has 3 N–H and O–H groups in total. The lowest BCUT2D eigenvalue weighted by Gasteiger charge is -2.38. The summed E-state index contributed by atoms with van der Waals surface area (Å²) in [6.45, 7) is 0.812. The van der Waals surface area contributed by atoms with Crippen LogP contribution in [0.25, 0.3) is 0 Å². The van der Waals surface area contributed by atoms with E-state index in [0.717, 1.165) is 13.0 Å². The van der Waals surface area contributed by atoms with Gasteiger partial charge >= 0.3 is 0 Å². The molecule has 0 radical (unpaired) electrons. The molecular weight excluding hydrogens is 236 g/mol. The van der Waals surface area contributed by atoms with Gasteiger partial charge in [-0.2, -0.15) is 0 Å². The van der Waals surface area contributed by atoms with Crippen LogP contribution in [-0.4, -0.2) is 12.6 Å². The summed E-state index contributed by atoms with van der Waals surface area (Å²) in [5.41, 5.74) is 5.82. The standard InChI is InChI=1S/C16H24N2O/c17-18-15(13-7-2-1-3-8-13)16-14-9-5-4-6-12(14)10-11-19-16/h4-6,9,13,15-16,18H,1-3,7-8,10-11,17H2. The first-order valence-corrected chi connectivity index (χ1v) is 7.55. The number of nitrogens with one attached hydrogen (secondary N) is 1. The van der Waals surface area contributed by atoms with Crippen molar-refractivity contribution in [3.8, 4) is 0 Å². The predicted octanol–water partition coefficient (Wildman–Crippen LogP) is 2.71. The van der Waals surface area contributed by atoms with E-state index in [4.69, 9.17) is 10.6 Å². The van der Waals surface area contributed by atoms with Gasteiger partial charge in [-0.05, 0) is 36.3 Å². The lowest BCUT2D eigenvalue weighted by molar-refractivity contribution is -0.00554. The number of fused-ring (bicyclic) bond motifs is 1. The Bertz CT molecular complexity index is 415. The molecule has 0 amide bonds. The monoisotopic (exact) mass is 260 g/mol. The molecule has 3 nitrogen and oxygen atoms in total. The third kappa shape index (κ3) is 2.69. The van der Waals surface area contributed by atoms with Crippen LogP contribution in [0.3, 0.4) is 0 Å². The SMILES string of the molecule is NNC(C1CCCCC1)C1OCCc2ccccc21. The van der Waals surface area contributed by atoms with Gasteiger partial charge in [-0.25, -0.2) is 0 Å². The highest BCUT2D eigenvalue weighted by Gasteiger charge is 2.34. The second kappa shape index (κ2) is 6.04. The lowest BCUT2D eigenvalue weighted by Crippen LogP contribution is -2.47. The number of benzene rings is 1. The van der Waals surface area contributed by atoms with Crippen molar-refractivity contribution in [3.63, 3.8) is 0 Å². The van der Waals surface area contributed by atoms with Crippen LogP contribution in [0.5, 0.6) is 0 Å². The van der Waals surface area contributed by atoms with Crippen LogP contribution in [0.4, 0.5) is 0 Å². The zero-order chi connectivity index (χ0) is 13.1. The van der Waals surface area contributed by atoms with Gasteiger partial charge in [0.15, 0.2) is 0 Å². The number of hydrazine groups is 1. The van der Waals surface area contributed by atoms with Crippen LogP contribution >= 0.6 is 0 Å². The van der Waals surface area contributed by atoms with Crippen LogP contribution in [0, 0.1) is 5.92 Å². The number of nitrogens with two attached hydrogens (primary N) is 1. The summed E-state index contributed by atoms with van der Waals surface area (Å²) >= 11 is 0. The summed E-state index contributed by atoms with van der Waals surface area (Å²) in [6, 6.07) is 8.90. The second-order valence-electron chi connectivity index (χ2n) is 5.83. The van der Waals surface area contributed by atoms with Gasteiger partial charge in [-0.3, -0.25) is 11.3 Å². The van der Waals surface area contributed by atoms with Crippen LogP contribution in [0.2, 0.25) is 0 Å². The highest BCUT2D eigenvalue weighted by molar-refractivity contribution is 5.32. The van der Waals surface area contributed by atoms with Gasteiger partial charge in [-0.15, -0.1) is 0 Å². The van der Waals surface area contributed by atoms with Crippen molar-refractivity contribution in [2.45, 2.75) is 50.7 Å². The molecule has 2 atom stereocenters. The minimum absolute atomic E-state index is 0.123. The van der Waals surface area contributed by atoms with Crippen molar-refractivity contribution in [3.05, 3.63) is 35.4 Å². The molecule has 0 saturated heterocycles. The lowest BCUT2D eigenvalue weighted by atomic mass is 9.79. The maximum absolute atomic E-state index is 6.07. The fourth-order valence-corrected chi connectivity index (χ4v) is 3.69. The molecule has 1 heterocycles. The molecule has 1 aliphatic heterocycles. The van der Waals surface area contributed by atoms with E-state index in [1.807, 2.05) is 0 Å². The molecule has 3 heteroatoms. The minimum Gasteiger partial charge on any atom is -0.371 e. The first-order chi connectivity index (χ1) is 9.40. The van der Waals surface area contributed by atoms with Crippen LogP contribution in [0.15, 0.2) is 24.3 Å². The maximum Gasteiger partial charge on any atom is 0.0996 e. The van der Waals surface area contributed by atoms with Crippen LogP contribution in [0.1, 0.15) is 49.3 Å². The highest BCUT2D eigenvalue weighted by atomic mass is 16.5. The molecule has 1 fully saturated rings. The number of hydrogen-bond donors (Lipinski definition) is 2. The Morgan fingerprint density at radius 1 is 1.16 bits per heavy atom. The van der Waals surface area contributed by atoms with Gasteiger partial charge in [0, 0.05) is 0 Å². The summed E-state index contributed by atoms with van der Waals surface area (Å²) < 4.78 is 6.07. The maximum atomic E-state index is 6.07. The van der Waals surface area contributed by atoms with E-state index in [2.05, 4.69) is 29.7 Å². The van der Waals surface area contributed by atoms with Gasteiger partial charge in [0.25, 0.3) is 0 Å². The quantitative estimate of drug-likeness (QED) is 0.649. The van der Waals surface area contributed by atoms with Gasteiger partial charge in [-0.1, -0.05) is 43.5 Å². The summed E-state index contributed by atoms with van der Waals surface area (Å²) in [7, 11) is 0. The molecule has 104 valence electrons. The van der Waals surface area contributed by atoms with Crippen molar-refractivity contribution in [2.24, 2.45) is 11.8 Å². The molecule has 2 unspecified atom stereocenters. The van der Waals surface area contributed by atoms with E-state index in [1.165, 1.54) is 43.2 Å². The Balaban J connectivity index is 1.83. The largest absolute Gasteiger partial charge is 0.371 e.